The van der Waals surface area contributed by atoms with Crippen molar-refractivity contribution in [2.24, 2.45) is 0 Å². The Bertz CT molecular complexity index is 637. The summed E-state index contributed by atoms with van der Waals surface area (Å²) in [4.78, 5) is 23.8. The Kier molecular flexibility index (Phi) is 3.84. The molecule has 0 N–H and O–H groups in total. The molecule has 0 heterocycles. The molecule has 19 heavy (non-hydrogen) atoms. The van der Waals surface area contributed by atoms with E-state index < -0.39 is 0 Å². The van der Waals surface area contributed by atoms with Crippen molar-refractivity contribution in [3.63, 3.8) is 0 Å². The third-order valence-electron chi connectivity index (χ3n) is 2.75. The van der Waals surface area contributed by atoms with Crippen molar-refractivity contribution in [2.45, 2.75) is 6.42 Å². The van der Waals surface area contributed by atoms with Crippen LogP contribution in [0.15, 0.2) is 54.6 Å². The van der Waals surface area contributed by atoms with E-state index in [0.717, 1.165) is 0 Å². The summed E-state index contributed by atoms with van der Waals surface area (Å²) in [6.45, 7) is 0. The molecule has 0 aliphatic rings. The monoisotopic (exact) mass is 249 g/mol. The van der Waals surface area contributed by atoms with Crippen LogP contribution < -0.4 is 0 Å². The number of hydrogen-bond donors (Lipinski definition) is 0. The van der Waals surface area contributed by atoms with Crippen LogP contribution in [0, 0.1) is 11.3 Å². The highest BCUT2D eigenvalue weighted by Gasteiger charge is 2.13. The first-order chi connectivity index (χ1) is 9.20. The van der Waals surface area contributed by atoms with Gasteiger partial charge >= 0.3 is 0 Å². The molecule has 3 heteroatoms. The molecule has 0 saturated heterocycles. The summed E-state index contributed by atoms with van der Waals surface area (Å²) in [5.41, 5.74) is 1.47. The summed E-state index contributed by atoms with van der Waals surface area (Å²) in [6.07, 6.45) is -0.157. The molecule has 2 aromatic carbocycles. The second-order valence-electron chi connectivity index (χ2n) is 4.08. The lowest BCUT2D eigenvalue weighted by molar-refractivity contribution is 0.0894. The van der Waals surface area contributed by atoms with Gasteiger partial charge in [0.25, 0.3) is 0 Å². The van der Waals surface area contributed by atoms with Crippen molar-refractivity contribution in [3.05, 3.63) is 71.3 Å². The van der Waals surface area contributed by atoms with Gasteiger partial charge in [0, 0.05) is 11.1 Å². The van der Waals surface area contributed by atoms with Gasteiger partial charge in [-0.3, -0.25) is 9.59 Å². The molecular formula is C16H11NO2. The summed E-state index contributed by atoms with van der Waals surface area (Å²) < 4.78 is 0. The first-order valence-corrected chi connectivity index (χ1v) is 5.82. The van der Waals surface area contributed by atoms with E-state index in [0.29, 0.717) is 16.7 Å². The summed E-state index contributed by atoms with van der Waals surface area (Å²) in [5.74, 6) is -0.437. The molecule has 0 atom stereocenters. The predicted molar refractivity (Wildman–Crippen MR) is 70.9 cm³/mol. The second kappa shape index (κ2) is 5.74. The van der Waals surface area contributed by atoms with Gasteiger partial charge in [0.1, 0.15) is 0 Å². The van der Waals surface area contributed by atoms with Crippen LogP contribution in [0.1, 0.15) is 32.7 Å². The molecule has 0 amide bonds. The summed E-state index contributed by atoms with van der Waals surface area (Å²) in [6, 6.07) is 17.0. The maximum Gasteiger partial charge on any atom is 0.170 e. The van der Waals surface area contributed by atoms with Crippen molar-refractivity contribution in [3.8, 4) is 6.07 Å². The number of ketones is 2. The topological polar surface area (TPSA) is 57.9 Å². The van der Waals surface area contributed by atoms with Crippen LogP contribution >= 0.6 is 0 Å². The number of rotatable bonds is 4. The van der Waals surface area contributed by atoms with Crippen LogP contribution in [0.2, 0.25) is 0 Å². The molecule has 2 rings (SSSR count). The molecule has 0 unspecified atom stereocenters. The highest BCUT2D eigenvalue weighted by atomic mass is 16.1. The van der Waals surface area contributed by atoms with Gasteiger partial charge in [-0.2, -0.15) is 5.26 Å². The number of carbonyl (C=O) groups excluding carboxylic acids is 2. The number of nitriles is 1. The largest absolute Gasteiger partial charge is 0.294 e. The van der Waals surface area contributed by atoms with E-state index in [-0.39, 0.29) is 18.0 Å². The maximum absolute atomic E-state index is 11.9. The number of Topliss-reactive ketones (excluding diaryl/α,β-unsaturated/α-hetero) is 2. The molecule has 2 aromatic rings. The zero-order valence-electron chi connectivity index (χ0n) is 10.2. The third-order valence-corrected chi connectivity index (χ3v) is 2.75. The lowest BCUT2D eigenvalue weighted by Crippen LogP contribution is -2.08. The Balaban J connectivity index is 2.09. The van der Waals surface area contributed by atoms with Gasteiger partial charge in [-0.05, 0) is 12.1 Å². The average molecular weight is 249 g/mol. The molecule has 0 radical (unpaired) electrons. The van der Waals surface area contributed by atoms with Crippen molar-refractivity contribution < 1.29 is 9.59 Å². The lowest BCUT2D eigenvalue weighted by atomic mass is 10.0. The highest BCUT2D eigenvalue weighted by Crippen LogP contribution is 2.10. The quantitative estimate of drug-likeness (QED) is 0.618. The van der Waals surface area contributed by atoms with Crippen LogP contribution in [-0.2, 0) is 0 Å². The standard InChI is InChI=1S/C16H11NO2/c17-11-12-6-8-14(9-7-12)16(19)10-15(18)13-4-2-1-3-5-13/h1-9H,10H2. The fraction of sp³-hybridized carbons (Fsp3) is 0.0625. The van der Waals surface area contributed by atoms with Crippen molar-refractivity contribution in [1.82, 2.24) is 0 Å². The first kappa shape index (κ1) is 12.7. The normalized spacial score (nSPS) is 9.63. The zero-order chi connectivity index (χ0) is 13.7. The summed E-state index contributed by atoms with van der Waals surface area (Å²) in [7, 11) is 0. The second-order valence-corrected chi connectivity index (χ2v) is 4.08. The molecule has 0 aliphatic carbocycles. The Morgan fingerprint density at radius 2 is 1.37 bits per heavy atom. The zero-order valence-corrected chi connectivity index (χ0v) is 10.2. The molecule has 0 spiro atoms. The molecule has 0 bridgehead atoms. The van der Waals surface area contributed by atoms with E-state index >= 15 is 0 Å². The van der Waals surface area contributed by atoms with Crippen LogP contribution in [0.25, 0.3) is 0 Å². The Labute approximate surface area is 111 Å². The minimum absolute atomic E-state index is 0.157. The van der Waals surface area contributed by atoms with Crippen LogP contribution in [-0.4, -0.2) is 11.6 Å². The van der Waals surface area contributed by atoms with Crippen LogP contribution in [0.5, 0.6) is 0 Å². The van der Waals surface area contributed by atoms with Crippen molar-refractivity contribution >= 4 is 11.6 Å². The fourth-order valence-electron chi connectivity index (χ4n) is 1.70. The Morgan fingerprint density at radius 3 is 1.89 bits per heavy atom. The Morgan fingerprint density at radius 1 is 0.842 bits per heavy atom. The average Bonchev–Trinajstić information content (AvgIpc) is 2.48. The third kappa shape index (κ3) is 3.14. The van der Waals surface area contributed by atoms with Crippen LogP contribution in [0.3, 0.4) is 0 Å². The fourth-order valence-corrected chi connectivity index (χ4v) is 1.70. The summed E-state index contributed by atoms with van der Waals surface area (Å²) >= 11 is 0. The minimum atomic E-state index is -0.238. The number of carbonyl (C=O) groups is 2. The van der Waals surface area contributed by atoms with E-state index in [9.17, 15) is 9.59 Å². The van der Waals surface area contributed by atoms with E-state index in [1.807, 2.05) is 12.1 Å². The van der Waals surface area contributed by atoms with Gasteiger partial charge in [0.15, 0.2) is 11.6 Å². The SMILES string of the molecule is N#Cc1ccc(C(=O)CC(=O)c2ccccc2)cc1. The minimum Gasteiger partial charge on any atom is -0.294 e. The van der Waals surface area contributed by atoms with Gasteiger partial charge in [0.2, 0.25) is 0 Å². The number of nitrogens with zero attached hydrogens (tertiary/aromatic N) is 1. The smallest absolute Gasteiger partial charge is 0.170 e. The molecule has 92 valence electrons. The molecule has 3 nitrogen and oxygen atoms in total. The van der Waals surface area contributed by atoms with Gasteiger partial charge in [-0.25, -0.2) is 0 Å². The molecule has 0 aromatic heterocycles. The predicted octanol–water partition coefficient (Wildman–Crippen LogP) is 3.01. The molecule has 0 aliphatic heterocycles. The van der Waals surface area contributed by atoms with E-state index in [4.69, 9.17) is 5.26 Å². The maximum atomic E-state index is 11.9. The highest BCUT2D eigenvalue weighted by molar-refractivity contribution is 6.13. The molecule has 0 saturated carbocycles. The van der Waals surface area contributed by atoms with Gasteiger partial charge in [0.05, 0.1) is 18.1 Å². The van der Waals surface area contributed by atoms with Crippen molar-refractivity contribution in [2.75, 3.05) is 0 Å². The van der Waals surface area contributed by atoms with Gasteiger partial charge < -0.3 is 0 Å². The summed E-state index contributed by atoms with van der Waals surface area (Å²) in [5, 5.41) is 8.67. The van der Waals surface area contributed by atoms with E-state index in [1.165, 1.54) is 0 Å². The number of benzene rings is 2. The molecular weight excluding hydrogens is 238 g/mol. The lowest BCUT2D eigenvalue weighted by Gasteiger charge is -2.01. The Hall–Kier alpha value is -2.73. The molecule has 0 fully saturated rings. The van der Waals surface area contributed by atoms with Gasteiger partial charge in [-0.15, -0.1) is 0 Å². The number of hydrogen-bond acceptors (Lipinski definition) is 3. The van der Waals surface area contributed by atoms with E-state index in [2.05, 4.69) is 0 Å². The van der Waals surface area contributed by atoms with E-state index in [1.54, 1.807) is 48.5 Å². The first-order valence-electron chi connectivity index (χ1n) is 5.82. The van der Waals surface area contributed by atoms with Crippen LogP contribution in [0.4, 0.5) is 0 Å². The van der Waals surface area contributed by atoms with Gasteiger partial charge in [-0.1, -0.05) is 42.5 Å². The van der Waals surface area contributed by atoms with Crippen molar-refractivity contribution in [1.29, 1.82) is 5.26 Å².